The molecule has 0 spiro atoms. The lowest BCUT2D eigenvalue weighted by Gasteiger charge is -2.44. The number of benzene rings is 3. The van der Waals surface area contributed by atoms with E-state index < -0.39 is 0 Å². The van der Waals surface area contributed by atoms with Crippen LogP contribution in [-0.4, -0.2) is 30.2 Å². The van der Waals surface area contributed by atoms with Crippen LogP contribution in [0.3, 0.4) is 0 Å². The fourth-order valence-corrected chi connectivity index (χ4v) is 5.60. The molecular formula is C29H33ClF2N2. The zero-order valence-electron chi connectivity index (χ0n) is 19.5. The van der Waals surface area contributed by atoms with Crippen LogP contribution in [-0.2, 0) is 13.1 Å². The molecule has 1 aliphatic heterocycles. The molecule has 1 saturated carbocycles. The first-order valence-corrected chi connectivity index (χ1v) is 12.2. The molecule has 0 aromatic heterocycles. The summed E-state index contributed by atoms with van der Waals surface area (Å²) in [7, 11) is 0. The van der Waals surface area contributed by atoms with Crippen molar-refractivity contribution in [3.8, 4) is 0 Å². The maximum Gasteiger partial charge on any atom is 0.123 e. The van der Waals surface area contributed by atoms with Gasteiger partial charge in [0.05, 0.1) is 13.1 Å². The van der Waals surface area contributed by atoms with Crippen molar-refractivity contribution in [1.29, 1.82) is 0 Å². The number of nitrogens with one attached hydrogen (secondary N) is 1. The third-order valence-corrected chi connectivity index (χ3v) is 7.52. The number of hydrogen-bond acceptors (Lipinski definition) is 1. The zero-order valence-corrected chi connectivity index (χ0v) is 20.2. The van der Waals surface area contributed by atoms with Gasteiger partial charge in [0, 0.05) is 35.9 Å². The van der Waals surface area contributed by atoms with Gasteiger partial charge in [-0.15, -0.1) is 0 Å². The van der Waals surface area contributed by atoms with Crippen LogP contribution in [0.15, 0.2) is 78.9 Å². The van der Waals surface area contributed by atoms with E-state index in [-0.39, 0.29) is 24.0 Å². The summed E-state index contributed by atoms with van der Waals surface area (Å²) < 4.78 is 28.6. The summed E-state index contributed by atoms with van der Waals surface area (Å²) in [5.74, 6) is 0.944. The molecule has 1 aliphatic carbocycles. The Morgan fingerprint density at radius 2 is 1.35 bits per heavy atom. The normalized spacial score (nSPS) is 21.6. The third-order valence-electron chi connectivity index (χ3n) is 7.52. The number of nitrogens with zero attached hydrogens (tertiary/aromatic N) is 1. The molecule has 0 unspecified atom stereocenters. The van der Waals surface area contributed by atoms with Gasteiger partial charge in [-0.1, -0.05) is 54.6 Å². The molecule has 2 fully saturated rings. The molecule has 3 aromatic rings. The topological polar surface area (TPSA) is 12.0 Å². The molecule has 1 heterocycles. The van der Waals surface area contributed by atoms with Crippen molar-refractivity contribution < 1.29 is 25.7 Å². The lowest BCUT2D eigenvalue weighted by molar-refractivity contribution is -0.958. The van der Waals surface area contributed by atoms with Crippen LogP contribution in [0.5, 0.6) is 0 Å². The summed E-state index contributed by atoms with van der Waals surface area (Å²) >= 11 is 0. The van der Waals surface area contributed by atoms with E-state index in [1.54, 1.807) is 24.3 Å². The van der Waals surface area contributed by atoms with Crippen LogP contribution in [0, 0.1) is 17.6 Å². The molecule has 5 rings (SSSR count). The second kappa shape index (κ2) is 11.0. The Morgan fingerprint density at radius 1 is 0.765 bits per heavy atom. The van der Waals surface area contributed by atoms with E-state index in [0.29, 0.717) is 17.9 Å². The Hall–Kier alpha value is -2.27. The molecule has 2 aliphatic rings. The first-order valence-electron chi connectivity index (χ1n) is 12.2. The van der Waals surface area contributed by atoms with E-state index in [9.17, 15) is 8.78 Å². The van der Waals surface area contributed by atoms with Gasteiger partial charge in [-0.05, 0) is 48.7 Å². The lowest BCUT2D eigenvalue weighted by Crippen LogP contribution is -3.00. The van der Waals surface area contributed by atoms with Gasteiger partial charge in [-0.3, -0.25) is 0 Å². The quantitative estimate of drug-likeness (QED) is 0.487. The van der Waals surface area contributed by atoms with Crippen molar-refractivity contribution in [2.45, 2.75) is 44.3 Å². The summed E-state index contributed by atoms with van der Waals surface area (Å²) in [5, 5.41) is 3.81. The summed E-state index contributed by atoms with van der Waals surface area (Å²) in [6.45, 7) is 4.70. The SMILES string of the molecule is Fc1cccc(C[N+]2(Cc3cccc(F)c3)CCC(CN[C@@H]3C[C@H]3c3ccccc3)CC2)c1.[Cl-]. The maximum absolute atomic E-state index is 13.9. The van der Waals surface area contributed by atoms with E-state index in [1.165, 1.54) is 24.1 Å². The van der Waals surface area contributed by atoms with E-state index in [2.05, 4.69) is 35.6 Å². The molecule has 2 atom stereocenters. The van der Waals surface area contributed by atoms with Gasteiger partial charge in [0.15, 0.2) is 0 Å². The predicted octanol–water partition coefficient (Wildman–Crippen LogP) is 3.04. The summed E-state index contributed by atoms with van der Waals surface area (Å²) in [6.07, 6.45) is 3.51. The number of hydrogen-bond donors (Lipinski definition) is 1. The number of rotatable bonds is 8. The van der Waals surface area contributed by atoms with Gasteiger partial charge in [0.25, 0.3) is 0 Å². The van der Waals surface area contributed by atoms with E-state index in [0.717, 1.165) is 61.2 Å². The molecule has 2 nitrogen and oxygen atoms in total. The monoisotopic (exact) mass is 482 g/mol. The number of piperidine rings is 1. The molecule has 1 N–H and O–H groups in total. The van der Waals surface area contributed by atoms with E-state index >= 15 is 0 Å². The van der Waals surface area contributed by atoms with Crippen molar-refractivity contribution >= 4 is 0 Å². The second-order valence-electron chi connectivity index (χ2n) is 10.1. The maximum atomic E-state index is 13.9. The highest BCUT2D eigenvalue weighted by Crippen LogP contribution is 2.41. The summed E-state index contributed by atoms with van der Waals surface area (Å²) in [4.78, 5) is 0. The average Bonchev–Trinajstić information content (AvgIpc) is 3.59. The Bertz CT molecular complexity index is 1020. The van der Waals surface area contributed by atoms with E-state index in [1.807, 2.05) is 12.1 Å². The van der Waals surface area contributed by atoms with E-state index in [4.69, 9.17) is 0 Å². The van der Waals surface area contributed by atoms with Crippen molar-refractivity contribution in [2.24, 2.45) is 5.92 Å². The van der Waals surface area contributed by atoms with Crippen LogP contribution in [0.2, 0.25) is 0 Å². The van der Waals surface area contributed by atoms with Crippen LogP contribution in [0.1, 0.15) is 41.9 Å². The molecule has 34 heavy (non-hydrogen) atoms. The number of halogens is 3. The van der Waals surface area contributed by atoms with Crippen molar-refractivity contribution in [3.05, 3.63) is 107 Å². The Labute approximate surface area is 208 Å². The van der Waals surface area contributed by atoms with Crippen LogP contribution >= 0.6 is 0 Å². The number of quaternary nitrogens is 1. The van der Waals surface area contributed by atoms with Gasteiger partial charge < -0.3 is 22.2 Å². The van der Waals surface area contributed by atoms with Crippen LogP contribution in [0.4, 0.5) is 8.78 Å². The molecule has 1 saturated heterocycles. The number of likely N-dealkylation sites (tertiary alicyclic amines) is 1. The Balaban J connectivity index is 0.00000274. The Kier molecular flexibility index (Phi) is 8.02. The molecule has 0 radical (unpaired) electrons. The molecule has 3 aromatic carbocycles. The first kappa shape index (κ1) is 24.8. The first-order chi connectivity index (χ1) is 16.1. The van der Waals surface area contributed by atoms with Crippen molar-refractivity contribution in [1.82, 2.24) is 5.32 Å². The standard InChI is InChI=1S/C29H33F2N2.ClH/c30-26-10-4-6-23(16-26)20-33(21-24-7-5-11-27(31)17-24)14-12-22(13-15-33)19-32-29-18-28(29)25-8-2-1-3-9-25;/h1-11,16-17,22,28-29,32H,12-15,18-21H2;1H/q+1;/p-1/t28-,29+;/m0./s1. The fraction of sp³-hybridized carbons (Fsp3) is 0.379. The molecule has 0 bridgehead atoms. The zero-order chi connectivity index (χ0) is 22.7. The van der Waals surface area contributed by atoms with Gasteiger partial charge in [-0.2, -0.15) is 0 Å². The van der Waals surface area contributed by atoms with Crippen LogP contribution in [0.25, 0.3) is 0 Å². The largest absolute Gasteiger partial charge is 1.00 e. The minimum atomic E-state index is -0.187. The Morgan fingerprint density at radius 3 is 1.91 bits per heavy atom. The molecule has 0 amide bonds. The lowest BCUT2D eigenvalue weighted by atomic mass is 9.93. The minimum absolute atomic E-state index is 0. The summed E-state index contributed by atoms with van der Waals surface area (Å²) in [6, 6.07) is 25.3. The fourth-order valence-electron chi connectivity index (χ4n) is 5.60. The minimum Gasteiger partial charge on any atom is -1.00 e. The molecule has 5 heteroatoms. The van der Waals surface area contributed by atoms with Gasteiger partial charge in [0.2, 0.25) is 0 Å². The molecular weight excluding hydrogens is 450 g/mol. The van der Waals surface area contributed by atoms with Crippen LogP contribution < -0.4 is 17.7 Å². The van der Waals surface area contributed by atoms with Crippen molar-refractivity contribution in [2.75, 3.05) is 19.6 Å². The second-order valence-corrected chi connectivity index (χ2v) is 10.1. The van der Waals surface area contributed by atoms with Gasteiger partial charge in [0.1, 0.15) is 24.7 Å². The molecule has 180 valence electrons. The predicted molar refractivity (Wildman–Crippen MR) is 129 cm³/mol. The van der Waals surface area contributed by atoms with Crippen molar-refractivity contribution in [3.63, 3.8) is 0 Å². The highest BCUT2D eigenvalue weighted by atomic mass is 35.5. The third kappa shape index (κ3) is 6.24. The van der Waals surface area contributed by atoms with Gasteiger partial charge in [-0.25, -0.2) is 8.78 Å². The van der Waals surface area contributed by atoms with Gasteiger partial charge >= 0.3 is 0 Å². The average molecular weight is 483 g/mol. The smallest absolute Gasteiger partial charge is 0.123 e. The highest BCUT2D eigenvalue weighted by Gasteiger charge is 2.39. The summed E-state index contributed by atoms with van der Waals surface area (Å²) in [5.41, 5.74) is 3.48. The highest BCUT2D eigenvalue weighted by molar-refractivity contribution is 5.27.